The van der Waals surface area contributed by atoms with Crippen LogP contribution in [0.3, 0.4) is 0 Å². The van der Waals surface area contributed by atoms with Crippen molar-refractivity contribution in [2.45, 2.75) is 58.0 Å². The largest absolute Gasteiger partial charge is 0.306 e. The highest BCUT2D eigenvalue weighted by atomic mass is 15.5. The van der Waals surface area contributed by atoms with Gasteiger partial charge in [-0.15, -0.1) is 0 Å². The third-order valence-electron chi connectivity index (χ3n) is 4.59. The molecule has 2 heterocycles. The van der Waals surface area contributed by atoms with Crippen molar-refractivity contribution in [3.63, 3.8) is 0 Å². The van der Waals surface area contributed by atoms with Crippen LogP contribution in [-0.2, 0) is 0 Å². The standard InChI is InChI=1S/C14H29N3/c1-12-5-4-6-13(2)17(12)15-11-14-7-9-16(3)10-8-14/h12-15H,4-11H2,1-3H3. The van der Waals surface area contributed by atoms with Gasteiger partial charge in [0.1, 0.15) is 0 Å². The maximum absolute atomic E-state index is 3.72. The van der Waals surface area contributed by atoms with E-state index in [1.807, 2.05) is 0 Å². The van der Waals surface area contributed by atoms with Crippen molar-refractivity contribution in [2.75, 3.05) is 26.7 Å². The fourth-order valence-electron chi connectivity index (χ4n) is 3.23. The zero-order valence-corrected chi connectivity index (χ0v) is 11.8. The molecule has 0 radical (unpaired) electrons. The second-order valence-electron chi connectivity index (χ2n) is 6.15. The minimum Gasteiger partial charge on any atom is -0.306 e. The van der Waals surface area contributed by atoms with E-state index in [0.29, 0.717) is 12.1 Å². The summed E-state index contributed by atoms with van der Waals surface area (Å²) in [6.45, 7) is 8.45. The van der Waals surface area contributed by atoms with Gasteiger partial charge >= 0.3 is 0 Å². The van der Waals surface area contributed by atoms with Gasteiger partial charge in [-0.25, -0.2) is 5.01 Å². The first-order valence-corrected chi connectivity index (χ1v) is 7.37. The van der Waals surface area contributed by atoms with Crippen molar-refractivity contribution in [2.24, 2.45) is 5.92 Å². The lowest BCUT2D eigenvalue weighted by atomic mass is 9.97. The minimum absolute atomic E-state index is 0.713. The Bertz CT molecular complexity index is 214. The molecule has 2 fully saturated rings. The molecule has 1 N–H and O–H groups in total. The molecule has 0 spiro atoms. The second-order valence-corrected chi connectivity index (χ2v) is 6.15. The van der Waals surface area contributed by atoms with E-state index in [9.17, 15) is 0 Å². The van der Waals surface area contributed by atoms with Crippen molar-refractivity contribution in [1.82, 2.24) is 15.3 Å². The Balaban J connectivity index is 1.73. The number of likely N-dealkylation sites (tertiary alicyclic amines) is 1. The molecule has 0 aliphatic carbocycles. The molecular formula is C14H29N3. The first kappa shape index (κ1) is 13.3. The number of nitrogens with one attached hydrogen (secondary N) is 1. The van der Waals surface area contributed by atoms with Crippen LogP contribution in [0.15, 0.2) is 0 Å². The van der Waals surface area contributed by atoms with Crippen LogP contribution in [0.5, 0.6) is 0 Å². The Hall–Kier alpha value is -0.120. The minimum atomic E-state index is 0.713. The maximum Gasteiger partial charge on any atom is 0.0218 e. The molecule has 0 saturated carbocycles. The van der Waals surface area contributed by atoms with E-state index in [0.717, 1.165) is 5.92 Å². The van der Waals surface area contributed by atoms with Crippen LogP contribution in [0.4, 0.5) is 0 Å². The van der Waals surface area contributed by atoms with E-state index >= 15 is 0 Å². The highest BCUT2D eigenvalue weighted by Gasteiger charge is 2.25. The van der Waals surface area contributed by atoms with Crippen LogP contribution in [0.2, 0.25) is 0 Å². The van der Waals surface area contributed by atoms with Crippen LogP contribution in [0, 0.1) is 5.92 Å². The molecule has 0 aromatic carbocycles. The summed E-state index contributed by atoms with van der Waals surface area (Å²) in [4.78, 5) is 2.45. The summed E-state index contributed by atoms with van der Waals surface area (Å²) in [7, 11) is 2.23. The summed E-state index contributed by atoms with van der Waals surface area (Å²) < 4.78 is 0. The van der Waals surface area contributed by atoms with Gasteiger partial charge in [-0.2, -0.15) is 0 Å². The molecule has 3 heteroatoms. The summed E-state index contributed by atoms with van der Waals surface area (Å²) in [5, 5.41) is 2.52. The van der Waals surface area contributed by atoms with Crippen molar-refractivity contribution < 1.29 is 0 Å². The second kappa shape index (κ2) is 6.17. The highest BCUT2D eigenvalue weighted by Crippen LogP contribution is 2.21. The summed E-state index contributed by atoms with van der Waals surface area (Å²) in [6.07, 6.45) is 6.82. The van der Waals surface area contributed by atoms with Crippen molar-refractivity contribution >= 4 is 0 Å². The van der Waals surface area contributed by atoms with E-state index in [1.165, 1.54) is 51.7 Å². The van der Waals surface area contributed by atoms with Gasteiger partial charge in [0, 0.05) is 18.6 Å². The molecule has 17 heavy (non-hydrogen) atoms. The van der Waals surface area contributed by atoms with Gasteiger partial charge in [-0.05, 0) is 65.6 Å². The van der Waals surface area contributed by atoms with Crippen LogP contribution < -0.4 is 5.43 Å². The highest BCUT2D eigenvalue weighted by molar-refractivity contribution is 4.78. The molecule has 0 amide bonds. The smallest absolute Gasteiger partial charge is 0.0218 e. The average molecular weight is 239 g/mol. The molecule has 2 aliphatic rings. The number of rotatable bonds is 3. The lowest BCUT2D eigenvalue weighted by molar-refractivity contribution is 0.0359. The number of nitrogens with zero attached hydrogens (tertiary/aromatic N) is 2. The van der Waals surface area contributed by atoms with Gasteiger partial charge in [0.2, 0.25) is 0 Å². The number of hydrogen-bond acceptors (Lipinski definition) is 3. The molecule has 0 aromatic rings. The Morgan fingerprint density at radius 1 is 1.00 bits per heavy atom. The Kier molecular flexibility index (Phi) is 4.83. The molecular weight excluding hydrogens is 210 g/mol. The van der Waals surface area contributed by atoms with E-state index < -0.39 is 0 Å². The first-order valence-electron chi connectivity index (χ1n) is 7.37. The van der Waals surface area contributed by atoms with E-state index in [1.54, 1.807) is 0 Å². The number of piperidine rings is 2. The van der Waals surface area contributed by atoms with Crippen LogP contribution in [0.1, 0.15) is 46.0 Å². The van der Waals surface area contributed by atoms with Gasteiger partial charge in [0.25, 0.3) is 0 Å². The van der Waals surface area contributed by atoms with Crippen LogP contribution >= 0.6 is 0 Å². The van der Waals surface area contributed by atoms with Crippen molar-refractivity contribution in [3.05, 3.63) is 0 Å². The van der Waals surface area contributed by atoms with Gasteiger partial charge in [0.15, 0.2) is 0 Å². The van der Waals surface area contributed by atoms with Gasteiger partial charge in [0.05, 0.1) is 0 Å². The quantitative estimate of drug-likeness (QED) is 0.813. The number of hydrazine groups is 1. The fraction of sp³-hybridized carbons (Fsp3) is 1.00. The summed E-state index contributed by atoms with van der Waals surface area (Å²) in [6, 6.07) is 1.43. The molecule has 2 aliphatic heterocycles. The molecule has 2 unspecified atom stereocenters. The third-order valence-corrected chi connectivity index (χ3v) is 4.59. The van der Waals surface area contributed by atoms with Gasteiger partial charge < -0.3 is 4.90 Å². The van der Waals surface area contributed by atoms with E-state index in [-0.39, 0.29) is 0 Å². The lowest BCUT2D eigenvalue weighted by Crippen LogP contribution is -2.53. The summed E-state index contributed by atoms with van der Waals surface area (Å²) >= 11 is 0. The topological polar surface area (TPSA) is 18.5 Å². The summed E-state index contributed by atoms with van der Waals surface area (Å²) in [5.74, 6) is 0.882. The van der Waals surface area contributed by atoms with Gasteiger partial charge in [-0.1, -0.05) is 6.42 Å². The van der Waals surface area contributed by atoms with Gasteiger partial charge in [-0.3, -0.25) is 5.43 Å². The predicted octanol–water partition coefficient (Wildman–Crippen LogP) is 2.10. The molecule has 3 nitrogen and oxygen atoms in total. The van der Waals surface area contributed by atoms with E-state index in [4.69, 9.17) is 0 Å². The zero-order chi connectivity index (χ0) is 12.3. The van der Waals surface area contributed by atoms with E-state index in [2.05, 4.69) is 36.2 Å². The molecule has 2 saturated heterocycles. The molecule has 2 rings (SSSR count). The zero-order valence-electron chi connectivity index (χ0n) is 11.8. The Labute approximate surface area is 107 Å². The molecule has 100 valence electrons. The lowest BCUT2D eigenvalue weighted by Gasteiger charge is -2.40. The monoisotopic (exact) mass is 239 g/mol. The molecule has 0 bridgehead atoms. The summed E-state index contributed by atoms with van der Waals surface area (Å²) in [5.41, 5.74) is 3.72. The van der Waals surface area contributed by atoms with Crippen LogP contribution in [0.25, 0.3) is 0 Å². The maximum atomic E-state index is 3.72. The predicted molar refractivity (Wildman–Crippen MR) is 72.8 cm³/mol. The Morgan fingerprint density at radius 2 is 1.59 bits per heavy atom. The van der Waals surface area contributed by atoms with Crippen LogP contribution in [-0.4, -0.2) is 48.7 Å². The SMILES string of the molecule is CC1CCCC(C)N1NCC1CCN(C)CC1. The third kappa shape index (κ3) is 3.67. The fourth-order valence-corrected chi connectivity index (χ4v) is 3.23. The first-order chi connectivity index (χ1) is 8.16. The van der Waals surface area contributed by atoms with Crippen molar-refractivity contribution in [3.8, 4) is 0 Å². The normalized spacial score (nSPS) is 34.1. The van der Waals surface area contributed by atoms with Crippen molar-refractivity contribution in [1.29, 1.82) is 0 Å². The molecule has 0 aromatic heterocycles. The number of hydrogen-bond donors (Lipinski definition) is 1. The Morgan fingerprint density at radius 3 is 2.18 bits per heavy atom. The molecule has 2 atom stereocenters. The average Bonchev–Trinajstić information content (AvgIpc) is 2.31.